The number of ether oxygens (including phenoxy) is 1. The summed E-state index contributed by atoms with van der Waals surface area (Å²) in [7, 11) is 1.51. The third kappa shape index (κ3) is 5.30. The van der Waals surface area contributed by atoms with Gasteiger partial charge in [0.2, 0.25) is 11.8 Å². The lowest BCUT2D eigenvalue weighted by Crippen LogP contribution is -2.49. The Hall–Kier alpha value is -3.06. The maximum absolute atomic E-state index is 13.2. The van der Waals surface area contributed by atoms with Crippen molar-refractivity contribution in [2.45, 2.75) is 25.8 Å². The van der Waals surface area contributed by atoms with E-state index in [2.05, 4.69) is 10.6 Å². The van der Waals surface area contributed by atoms with E-state index in [0.29, 0.717) is 46.9 Å². The number of amides is 2. The quantitative estimate of drug-likeness (QED) is 0.593. The van der Waals surface area contributed by atoms with Gasteiger partial charge in [0.25, 0.3) is 0 Å². The van der Waals surface area contributed by atoms with Crippen LogP contribution in [0.5, 0.6) is 5.75 Å². The number of halogens is 2. The zero-order valence-corrected chi connectivity index (χ0v) is 19.4. The van der Waals surface area contributed by atoms with E-state index in [4.69, 9.17) is 16.3 Å². The summed E-state index contributed by atoms with van der Waals surface area (Å²) in [5, 5.41) is 6.65. The average Bonchev–Trinajstić information content (AvgIpc) is 3.00. The number of hydrogen-bond donors (Lipinski definition) is 2. The predicted molar refractivity (Wildman–Crippen MR) is 128 cm³/mol. The normalized spacial score (nSPS) is 21.8. The van der Waals surface area contributed by atoms with Crippen molar-refractivity contribution in [1.82, 2.24) is 4.90 Å². The second-order valence-electron chi connectivity index (χ2n) is 8.61. The number of hydrogen-bond acceptors (Lipinski definition) is 4. The van der Waals surface area contributed by atoms with E-state index < -0.39 is 0 Å². The van der Waals surface area contributed by atoms with E-state index in [-0.39, 0.29) is 23.7 Å². The molecular formula is C25H27ClFN3O3. The molecule has 4 rings (SSSR count). The molecule has 2 bridgehead atoms. The first-order chi connectivity index (χ1) is 15.8. The monoisotopic (exact) mass is 471 g/mol. The topological polar surface area (TPSA) is 70.7 Å². The molecule has 6 nitrogen and oxygen atoms in total. The highest BCUT2D eigenvalue weighted by Crippen LogP contribution is 2.39. The second-order valence-corrected chi connectivity index (χ2v) is 9.01. The minimum atomic E-state index is -0.254. The van der Waals surface area contributed by atoms with E-state index in [1.165, 1.54) is 32.2 Å². The highest BCUT2D eigenvalue weighted by atomic mass is 35.5. The Labute approximate surface area is 197 Å². The van der Waals surface area contributed by atoms with E-state index in [9.17, 15) is 14.0 Å². The summed E-state index contributed by atoms with van der Waals surface area (Å²) >= 11 is 6.19. The molecule has 2 amide bonds. The molecule has 0 aromatic heterocycles. The van der Waals surface area contributed by atoms with Gasteiger partial charge in [0.15, 0.2) is 0 Å². The van der Waals surface area contributed by atoms with Crippen molar-refractivity contribution >= 4 is 40.9 Å². The maximum atomic E-state index is 13.2. The Morgan fingerprint density at radius 3 is 2.42 bits per heavy atom. The molecule has 1 aliphatic heterocycles. The number of anilines is 2. The molecule has 1 aliphatic carbocycles. The number of likely N-dealkylation sites (tertiary alicyclic amines) is 1. The first kappa shape index (κ1) is 23.1. The molecular weight excluding hydrogens is 445 g/mol. The number of carbonyl (C=O) groups excluding carboxylic acids is 2. The van der Waals surface area contributed by atoms with Gasteiger partial charge in [0.1, 0.15) is 11.6 Å². The van der Waals surface area contributed by atoms with Gasteiger partial charge in [-0.15, -0.1) is 0 Å². The van der Waals surface area contributed by atoms with Gasteiger partial charge in [-0.3, -0.25) is 9.59 Å². The van der Waals surface area contributed by atoms with Crippen LogP contribution in [0.25, 0.3) is 6.08 Å². The summed E-state index contributed by atoms with van der Waals surface area (Å²) in [4.78, 5) is 26.4. The summed E-state index contributed by atoms with van der Waals surface area (Å²) in [6, 6.07) is 9.99. The molecule has 2 aromatic rings. The van der Waals surface area contributed by atoms with Crippen molar-refractivity contribution in [3.8, 4) is 5.75 Å². The minimum Gasteiger partial charge on any atom is -0.495 e. The van der Waals surface area contributed by atoms with Crippen molar-refractivity contribution in [2.24, 2.45) is 11.8 Å². The number of rotatable bonds is 6. The lowest BCUT2D eigenvalue weighted by molar-refractivity contribution is -0.128. The molecule has 1 heterocycles. The van der Waals surface area contributed by atoms with Crippen LogP contribution in [0.1, 0.15) is 25.3 Å². The standard InChI is InChI=1S/C25H27ClFN3O3/c1-15(31)28-22-12-21(26)23(33-2)11-16(22)5-10-24(32)30-13-17-3-4-18(14-30)25(17)29-20-8-6-19(27)7-9-20/h5-12,17-18,25,29H,3-4,13-14H2,1-2H3,(H,28,31)/t17-,18+,25?. The van der Waals surface area contributed by atoms with E-state index in [1.54, 1.807) is 30.3 Å². The largest absolute Gasteiger partial charge is 0.495 e. The summed E-state index contributed by atoms with van der Waals surface area (Å²) in [5.74, 6) is 0.590. The van der Waals surface area contributed by atoms with Gasteiger partial charge in [-0.2, -0.15) is 0 Å². The SMILES string of the molecule is COc1cc(C=CC(=O)N2C[C@H]3CC[C@@H](C2)C3Nc2ccc(F)cc2)c(NC(C)=O)cc1Cl. The molecule has 1 saturated heterocycles. The smallest absolute Gasteiger partial charge is 0.246 e. The summed E-state index contributed by atoms with van der Waals surface area (Å²) in [6.07, 6.45) is 5.31. The zero-order chi connectivity index (χ0) is 23.5. The Bertz CT molecular complexity index is 1060. The van der Waals surface area contributed by atoms with Crippen LogP contribution in [0.15, 0.2) is 42.5 Å². The van der Waals surface area contributed by atoms with Gasteiger partial charge in [-0.05, 0) is 67.2 Å². The predicted octanol–water partition coefficient (Wildman–Crippen LogP) is 4.81. The van der Waals surface area contributed by atoms with Crippen molar-refractivity contribution in [1.29, 1.82) is 0 Å². The molecule has 0 spiro atoms. The van der Waals surface area contributed by atoms with E-state index in [0.717, 1.165) is 18.5 Å². The number of fused-ring (bicyclic) bond motifs is 2. The van der Waals surface area contributed by atoms with Gasteiger partial charge >= 0.3 is 0 Å². The molecule has 0 radical (unpaired) electrons. The van der Waals surface area contributed by atoms with Gasteiger partial charge < -0.3 is 20.3 Å². The van der Waals surface area contributed by atoms with Crippen LogP contribution in [-0.4, -0.2) is 43.0 Å². The molecule has 1 unspecified atom stereocenters. The Morgan fingerprint density at radius 1 is 1.15 bits per heavy atom. The lowest BCUT2D eigenvalue weighted by Gasteiger charge is -2.38. The minimum absolute atomic E-state index is 0.0742. The third-order valence-corrected chi connectivity index (χ3v) is 6.66. The van der Waals surface area contributed by atoms with Crippen LogP contribution in [-0.2, 0) is 9.59 Å². The molecule has 2 aliphatic rings. The Morgan fingerprint density at radius 2 is 1.82 bits per heavy atom. The molecule has 33 heavy (non-hydrogen) atoms. The summed E-state index contributed by atoms with van der Waals surface area (Å²) < 4.78 is 18.5. The second kappa shape index (κ2) is 9.83. The van der Waals surface area contributed by atoms with Gasteiger partial charge in [0, 0.05) is 49.1 Å². The van der Waals surface area contributed by atoms with Crippen molar-refractivity contribution < 1.29 is 18.7 Å². The number of nitrogens with one attached hydrogen (secondary N) is 2. The van der Waals surface area contributed by atoms with Crippen molar-refractivity contribution in [3.63, 3.8) is 0 Å². The van der Waals surface area contributed by atoms with Crippen LogP contribution in [0, 0.1) is 17.7 Å². The van der Waals surface area contributed by atoms with Crippen LogP contribution >= 0.6 is 11.6 Å². The molecule has 3 atom stereocenters. The molecule has 2 N–H and O–H groups in total. The number of benzene rings is 2. The van der Waals surface area contributed by atoms with Crippen LogP contribution in [0.4, 0.5) is 15.8 Å². The van der Waals surface area contributed by atoms with Gasteiger partial charge in [-0.1, -0.05) is 11.6 Å². The number of carbonyl (C=O) groups is 2. The lowest BCUT2D eigenvalue weighted by atomic mass is 9.91. The molecule has 2 aromatic carbocycles. The molecule has 174 valence electrons. The first-order valence-electron chi connectivity index (χ1n) is 11.0. The fraction of sp³-hybridized carbons (Fsp3) is 0.360. The van der Waals surface area contributed by atoms with Crippen molar-refractivity contribution in [2.75, 3.05) is 30.8 Å². The maximum Gasteiger partial charge on any atom is 0.246 e. The Balaban J connectivity index is 1.45. The number of piperidine rings is 1. The number of nitrogens with zero attached hydrogens (tertiary/aromatic N) is 1. The van der Waals surface area contributed by atoms with E-state index >= 15 is 0 Å². The number of methoxy groups -OCH3 is 1. The summed E-state index contributed by atoms with van der Waals surface area (Å²) in [5.41, 5.74) is 2.05. The molecule has 8 heteroatoms. The molecule has 1 saturated carbocycles. The fourth-order valence-electron chi connectivity index (χ4n) is 4.80. The van der Waals surface area contributed by atoms with Crippen molar-refractivity contribution in [3.05, 3.63) is 58.9 Å². The van der Waals surface area contributed by atoms with Crippen LogP contribution in [0.3, 0.4) is 0 Å². The Kier molecular flexibility index (Phi) is 6.88. The van der Waals surface area contributed by atoms with Gasteiger partial charge in [-0.25, -0.2) is 4.39 Å². The third-order valence-electron chi connectivity index (χ3n) is 6.36. The van der Waals surface area contributed by atoms with Crippen LogP contribution in [0.2, 0.25) is 5.02 Å². The highest BCUT2D eigenvalue weighted by molar-refractivity contribution is 6.32. The molecule has 2 fully saturated rings. The first-order valence-corrected chi connectivity index (χ1v) is 11.4. The summed E-state index contributed by atoms with van der Waals surface area (Å²) in [6.45, 7) is 2.75. The fourth-order valence-corrected chi connectivity index (χ4v) is 5.05. The average molecular weight is 472 g/mol. The van der Waals surface area contributed by atoms with Crippen LogP contribution < -0.4 is 15.4 Å². The van der Waals surface area contributed by atoms with E-state index in [1.807, 2.05) is 4.90 Å². The van der Waals surface area contributed by atoms with Gasteiger partial charge in [0.05, 0.1) is 12.1 Å². The zero-order valence-electron chi connectivity index (χ0n) is 18.6. The highest BCUT2D eigenvalue weighted by Gasteiger charge is 2.42.